The van der Waals surface area contributed by atoms with Crippen LogP contribution in [-0.2, 0) is 11.3 Å². The minimum atomic E-state index is -0.346. The summed E-state index contributed by atoms with van der Waals surface area (Å²) in [5.74, 6) is -0.346. The maximum atomic E-state index is 13.1. The smallest absolute Gasteiger partial charge is 0.141 e. The van der Waals surface area contributed by atoms with Crippen LogP contribution in [0.2, 0.25) is 0 Å². The summed E-state index contributed by atoms with van der Waals surface area (Å²) in [7, 11) is 1.65. The zero-order chi connectivity index (χ0) is 15.2. The molecule has 0 saturated heterocycles. The van der Waals surface area contributed by atoms with Crippen LogP contribution in [0.5, 0.6) is 0 Å². The summed E-state index contributed by atoms with van der Waals surface area (Å²) < 4.78 is 20.9. The number of ether oxygens (including phenoxy) is 1. The lowest BCUT2D eigenvalue weighted by molar-refractivity contribution is 0.182. The van der Waals surface area contributed by atoms with Crippen molar-refractivity contribution in [2.75, 3.05) is 20.3 Å². The average molecular weight is 357 g/mol. The van der Waals surface area contributed by atoms with E-state index in [-0.39, 0.29) is 11.9 Å². The van der Waals surface area contributed by atoms with Crippen LogP contribution in [0.15, 0.2) is 29.0 Å². The van der Waals surface area contributed by atoms with Crippen LogP contribution in [0, 0.1) is 5.82 Å². The topological polar surface area (TPSA) is 52.0 Å². The summed E-state index contributed by atoms with van der Waals surface area (Å²) in [6.45, 7) is 3.98. The number of nitrogens with one attached hydrogen (secondary N) is 1. The lowest BCUT2D eigenvalue weighted by atomic mass is 10.1. The second-order valence-electron chi connectivity index (χ2n) is 4.49. The first-order chi connectivity index (χ1) is 10.2. The molecule has 0 radical (unpaired) electrons. The first kappa shape index (κ1) is 16.1. The highest BCUT2D eigenvalue weighted by atomic mass is 79.9. The molecular formula is C14H18BrFN4O. The Labute approximate surface area is 131 Å². The highest BCUT2D eigenvalue weighted by Crippen LogP contribution is 2.27. The minimum absolute atomic E-state index is 0.163. The lowest BCUT2D eigenvalue weighted by Gasteiger charge is -2.19. The zero-order valence-electron chi connectivity index (χ0n) is 12.0. The van der Waals surface area contributed by atoms with Crippen LogP contribution in [0.4, 0.5) is 4.39 Å². The van der Waals surface area contributed by atoms with Crippen LogP contribution in [-0.4, -0.2) is 35.0 Å². The number of hydrogen-bond donors (Lipinski definition) is 1. The molecule has 0 amide bonds. The van der Waals surface area contributed by atoms with Gasteiger partial charge in [0, 0.05) is 7.11 Å². The Morgan fingerprint density at radius 3 is 2.86 bits per heavy atom. The molecule has 2 heterocycles. The van der Waals surface area contributed by atoms with Crippen LogP contribution in [0.25, 0.3) is 0 Å². The van der Waals surface area contributed by atoms with Gasteiger partial charge in [-0.3, -0.25) is 9.67 Å². The molecule has 0 bridgehead atoms. The Balaban J connectivity index is 2.37. The fourth-order valence-electron chi connectivity index (χ4n) is 2.12. The van der Waals surface area contributed by atoms with E-state index in [1.807, 2.05) is 11.6 Å². The Bertz CT molecular complexity index is 573. The largest absolute Gasteiger partial charge is 0.383 e. The number of pyridine rings is 1. The molecule has 0 saturated carbocycles. The van der Waals surface area contributed by atoms with Gasteiger partial charge in [-0.05, 0) is 34.6 Å². The number of nitrogens with zero attached hydrogens (tertiary/aromatic N) is 3. The Hall–Kier alpha value is -1.31. The van der Waals surface area contributed by atoms with Gasteiger partial charge >= 0.3 is 0 Å². The summed E-state index contributed by atoms with van der Waals surface area (Å²) in [5, 5.41) is 7.71. The van der Waals surface area contributed by atoms with Gasteiger partial charge in [0.1, 0.15) is 5.82 Å². The van der Waals surface area contributed by atoms with E-state index in [1.165, 1.54) is 12.3 Å². The quantitative estimate of drug-likeness (QED) is 0.828. The van der Waals surface area contributed by atoms with Gasteiger partial charge in [-0.25, -0.2) is 4.39 Å². The third-order valence-corrected chi connectivity index (χ3v) is 3.68. The van der Waals surface area contributed by atoms with Crippen LogP contribution in [0.3, 0.4) is 0 Å². The van der Waals surface area contributed by atoms with Gasteiger partial charge in [0.25, 0.3) is 0 Å². The third-order valence-electron chi connectivity index (χ3n) is 3.07. The molecule has 5 nitrogen and oxygen atoms in total. The van der Waals surface area contributed by atoms with Gasteiger partial charge in [0.2, 0.25) is 0 Å². The SMILES string of the molecule is CCNC(c1ccc(F)cn1)c1c(Br)cnn1CCOC. The highest BCUT2D eigenvalue weighted by Gasteiger charge is 2.22. The van der Waals surface area contributed by atoms with Gasteiger partial charge in [-0.15, -0.1) is 0 Å². The first-order valence-electron chi connectivity index (χ1n) is 6.72. The minimum Gasteiger partial charge on any atom is -0.383 e. The van der Waals surface area contributed by atoms with Crippen LogP contribution >= 0.6 is 15.9 Å². The van der Waals surface area contributed by atoms with E-state index in [0.29, 0.717) is 13.2 Å². The van der Waals surface area contributed by atoms with E-state index >= 15 is 0 Å². The van der Waals surface area contributed by atoms with Gasteiger partial charge in [-0.1, -0.05) is 6.92 Å². The molecule has 0 aliphatic carbocycles. The van der Waals surface area contributed by atoms with E-state index in [0.717, 1.165) is 22.4 Å². The molecule has 0 aliphatic heterocycles. The maximum absolute atomic E-state index is 13.1. The normalized spacial score (nSPS) is 12.6. The van der Waals surface area contributed by atoms with Crippen molar-refractivity contribution >= 4 is 15.9 Å². The second kappa shape index (κ2) is 7.63. The number of halogens is 2. The Morgan fingerprint density at radius 1 is 1.43 bits per heavy atom. The fourth-order valence-corrected chi connectivity index (χ4v) is 2.64. The Morgan fingerprint density at radius 2 is 2.24 bits per heavy atom. The molecule has 1 unspecified atom stereocenters. The van der Waals surface area contributed by atoms with Crippen molar-refractivity contribution < 1.29 is 9.13 Å². The standard InChI is InChI=1S/C14H18BrFN4O/c1-3-17-13(12-5-4-10(16)8-18-12)14-11(15)9-19-20(14)6-7-21-2/h4-5,8-9,13,17H,3,6-7H2,1-2H3. The van der Waals surface area contributed by atoms with Crippen LogP contribution in [0.1, 0.15) is 24.4 Å². The summed E-state index contributed by atoms with van der Waals surface area (Å²) in [6.07, 6.45) is 2.97. The molecule has 0 aliphatic rings. The molecule has 2 aromatic rings. The van der Waals surface area contributed by atoms with E-state index in [4.69, 9.17) is 4.74 Å². The highest BCUT2D eigenvalue weighted by molar-refractivity contribution is 9.10. The molecular weight excluding hydrogens is 339 g/mol. The van der Waals surface area contributed by atoms with Crippen LogP contribution < -0.4 is 5.32 Å². The van der Waals surface area contributed by atoms with E-state index in [9.17, 15) is 4.39 Å². The molecule has 7 heteroatoms. The van der Waals surface area contributed by atoms with Crippen molar-refractivity contribution in [1.29, 1.82) is 0 Å². The molecule has 1 atom stereocenters. The van der Waals surface area contributed by atoms with E-state index in [2.05, 4.69) is 31.3 Å². The third kappa shape index (κ3) is 3.87. The predicted molar refractivity (Wildman–Crippen MR) is 81.5 cm³/mol. The molecule has 2 rings (SSSR count). The van der Waals surface area contributed by atoms with Crippen molar-refractivity contribution in [3.63, 3.8) is 0 Å². The van der Waals surface area contributed by atoms with Gasteiger partial charge in [-0.2, -0.15) is 5.10 Å². The molecule has 2 aromatic heterocycles. The number of rotatable bonds is 7. The summed E-state index contributed by atoms with van der Waals surface area (Å²) in [6, 6.07) is 2.93. The predicted octanol–water partition coefficient (Wildman–Crippen LogP) is 2.53. The number of aromatic nitrogens is 3. The van der Waals surface area contributed by atoms with Crippen molar-refractivity contribution in [3.05, 3.63) is 46.2 Å². The molecule has 1 N–H and O–H groups in total. The summed E-state index contributed by atoms with van der Waals surface area (Å²) in [5.41, 5.74) is 1.70. The van der Waals surface area contributed by atoms with E-state index < -0.39 is 0 Å². The number of methoxy groups -OCH3 is 1. The lowest BCUT2D eigenvalue weighted by Crippen LogP contribution is -2.26. The second-order valence-corrected chi connectivity index (χ2v) is 5.34. The maximum Gasteiger partial charge on any atom is 0.141 e. The first-order valence-corrected chi connectivity index (χ1v) is 7.51. The van der Waals surface area contributed by atoms with Gasteiger partial charge in [0.05, 0.1) is 47.4 Å². The monoisotopic (exact) mass is 356 g/mol. The average Bonchev–Trinajstić information content (AvgIpc) is 2.84. The fraction of sp³-hybridized carbons (Fsp3) is 0.429. The molecule has 0 aromatic carbocycles. The summed E-state index contributed by atoms with van der Waals surface area (Å²) >= 11 is 3.53. The molecule has 0 spiro atoms. The molecule has 0 fully saturated rings. The van der Waals surface area contributed by atoms with Crippen molar-refractivity contribution in [1.82, 2.24) is 20.1 Å². The van der Waals surface area contributed by atoms with Gasteiger partial charge < -0.3 is 10.1 Å². The number of hydrogen-bond acceptors (Lipinski definition) is 4. The van der Waals surface area contributed by atoms with E-state index in [1.54, 1.807) is 19.4 Å². The summed E-state index contributed by atoms with van der Waals surface area (Å²) in [4.78, 5) is 4.19. The van der Waals surface area contributed by atoms with Crippen molar-refractivity contribution in [2.45, 2.75) is 19.5 Å². The van der Waals surface area contributed by atoms with Crippen molar-refractivity contribution in [2.24, 2.45) is 0 Å². The molecule has 114 valence electrons. The van der Waals surface area contributed by atoms with Crippen molar-refractivity contribution in [3.8, 4) is 0 Å². The van der Waals surface area contributed by atoms with Gasteiger partial charge in [0.15, 0.2) is 0 Å². The molecule has 21 heavy (non-hydrogen) atoms. The Kier molecular flexibility index (Phi) is 5.84. The zero-order valence-corrected chi connectivity index (χ0v) is 13.6.